The van der Waals surface area contributed by atoms with Gasteiger partial charge < -0.3 is 15.0 Å². The Balaban J connectivity index is 1.49. The first-order valence-electron chi connectivity index (χ1n) is 9.19. The first kappa shape index (κ1) is 20.0. The number of hydrogen-bond acceptors (Lipinski definition) is 6. The van der Waals surface area contributed by atoms with Crippen molar-refractivity contribution in [3.05, 3.63) is 52.9 Å². The number of thiophene rings is 1. The van der Waals surface area contributed by atoms with Crippen molar-refractivity contribution in [2.24, 2.45) is 0 Å². The monoisotopic (exact) mass is 401 g/mol. The van der Waals surface area contributed by atoms with E-state index < -0.39 is 5.97 Å². The Labute approximate surface area is 167 Å². The number of benzene rings is 1. The van der Waals surface area contributed by atoms with E-state index in [1.54, 1.807) is 18.4 Å². The molecule has 2 heterocycles. The first-order chi connectivity index (χ1) is 13.6. The number of piperazine rings is 1. The zero-order valence-electron chi connectivity index (χ0n) is 15.7. The van der Waals surface area contributed by atoms with E-state index in [4.69, 9.17) is 4.74 Å². The van der Waals surface area contributed by atoms with Crippen LogP contribution in [0.4, 0.5) is 5.00 Å². The number of hydrogen-bond donors (Lipinski definition) is 1. The highest BCUT2D eigenvalue weighted by Crippen LogP contribution is 2.24. The third kappa shape index (κ3) is 4.96. The van der Waals surface area contributed by atoms with Gasteiger partial charge in [-0.2, -0.15) is 0 Å². The molecule has 0 bridgehead atoms. The van der Waals surface area contributed by atoms with Gasteiger partial charge in [-0.1, -0.05) is 18.2 Å². The van der Waals surface area contributed by atoms with Gasteiger partial charge in [0, 0.05) is 31.7 Å². The summed E-state index contributed by atoms with van der Waals surface area (Å²) in [6.07, 6.45) is 0. The van der Waals surface area contributed by atoms with Gasteiger partial charge in [0.1, 0.15) is 5.00 Å². The smallest absolute Gasteiger partial charge is 0.341 e. The van der Waals surface area contributed by atoms with Crippen molar-refractivity contribution in [2.45, 2.75) is 6.92 Å². The largest absolute Gasteiger partial charge is 0.462 e. The summed E-state index contributed by atoms with van der Waals surface area (Å²) in [5.41, 5.74) is 1.05. The lowest BCUT2D eigenvalue weighted by atomic mass is 10.2. The van der Waals surface area contributed by atoms with Crippen molar-refractivity contribution < 1.29 is 19.1 Å². The second-order valence-corrected chi connectivity index (χ2v) is 7.28. The Morgan fingerprint density at radius 3 is 2.46 bits per heavy atom. The van der Waals surface area contributed by atoms with Gasteiger partial charge in [-0.15, -0.1) is 11.3 Å². The summed E-state index contributed by atoms with van der Waals surface area (Å²) in [5.74, 6) is -0.606. The summed E-state index contributed by atoms with van der Waals surface area (Å²) in [6.45, 7) is 4.65. The number of carbonyl (C=O) groups is 3. The predicted molar refractivity (Wildman–Crippen MR) is 108 cm³/mol. The molecular formula is C20H23N3O4S. The molecular weight excluding hydrogens is 378 g/mol. The minimum Gasteiger partial charge on any atom is -0.462 e. The zero-order chi connectivity index (χ0) is 19.9. The molecule has 28 heavy (non-hydrogen) atoms. The molecule has 1 saturated heterocycles. The van der Waals surface area contributed by atoms with E-state index in [2.05, 4.69) is 5.32 Å². The lowest BCUT2D eigenvalue weighted by Gasteiger charge is -2.34. The maximum Gasteiger partial charge on any atom is 0.341 e. The van der Waals surface area contributed by atoms with E-state index in [1.165, 1.54) is 11.3 Å². The van der Waals surface area contributed by atoms with Crippen molar-refractivity contribution in [2.75, 3.05) is 44.6 Å². The normalized spacial score (nSPS) is 14.5. The lowest BCUT2D eigenvalue weighted by molar-refractivity contribution is -0.117. The van der Waals surface area contributed by atoms with Crippen LogP contribution in [0.15, 0.2) is 41.8 Å². The van der Waals surface area contributed by atoms with E-state index in [9.17, 15) is 14.4 Å². The number of rotatable bonds is 6. The van der Waals surface area contributed by atoms with Crippen LogP contribution >= 0.6 is 11.3 Å². The molecule has 1 N–H and O–H groups in total. The fourth-order valence-corrected chi connectivity index (χ4v) is 3.81. The Morgan fingerprint density at radius 2 is 1.79 bits per heavy atom. The van der Waals surface area contributed by atoms with Gasteiger partial charge in [-0.05, 0) is 30.5 Å². The molecule has 1 aliphatic heterocycles. The number of nitrogens with zero attached hydrogens (tertiary/aromatic N) is 2. The Hall–Kier alpha value is -2.71. The van der Waals surface area contributed by atoms with Crippen molar-refractivity contribution >= 4 is 34.1 Å². The summed E-state index contributed by atoms with van der Waals surface area (Å²) in [5, 5.41) is 5.04. The van der Waals surface area contributed by atoms with Crippen LogP contribution in [0.2, 0.25) is 0 Å². The Morgan fingerprint density at radius 1 is 1.07 bits per heavy atom. The number of esters is 1. The second-order valence-electron chi connectivity index (χ2n) is 6.37. The molecule has 2 aromatic rings. The highest BCUT2D eigenvalue weighted by Gasteiger charge is 2.24. The van der Waals surface area contributed by atoms with Gasteiger partial charge in [0.05, 0.1) is 18.7 Å². The molecule has 0 spiro atoms. The van der Waals surface area contributed by atoms with Crippen LogP contribution in [0.5, 0.6) is 0 Å². The number of carbonyl (C=O) groups excluding carboxylic acids is 3. The summed E-state index contributed by atoms with van der Waals surface area (Å²) >= 11 is 1.29. The molecule has 0 aliphatic carbocycles. The number of anilines is 1. The molecule has 148 valence electrons. The number of nitrogens with one attached hydrogen (secondary N) is 1. The fraction of sp³-hybridized carbons (Fsp3) is 0.350. The highest BCUT2D eigenvalue weighted by molar-refractivity contribution is 7.14. The van der Waals surface area contributed by atoms with E-state index in [-0.39, 0.29) is 25.0 Å². The van der Waals surface area contributed by atoms with Gasteiger partial charge in [0.15, 0.2) is 0 Å². The molecule has 1 fully saturated rings. The average molecular weight is 401 g/mol. The van der Waals surface area contributed by atoms with Crippen molar-refractivity contribution in [1.82, 2.24) is 9.80 Å². The molecule has 1 aromatic heterocycles. The SMILES string of the molecule is CCOC(=O)c1ccsc1NC(=O)CN1CCN(C(=O)c2ccccc2)CC1. The molecule has 7 nitrogen and oxygen atoms in total. The van der Waals surface area contributed by atoms with E-state index in [0.717, 1.165) is 0 Å². The number of amides is 2. The van der Waals surface area contributed by atoms with Crippen molar-refractivity contribution in [3.63, 3.8) is 0 Å². The third-order valence-electron chi connectivity index (χ3n) is 4.46. The maximum atomic E-state index is 12.5. The second kappa shape index (κ2) is 9.48. The fourth-order valence-electron chi connectivity index (χ4n) is 3.02. The molecule has 3 rings (SSSR count). The predicted octanol–water partition coefficient (Wildman–Crippen LogP) is 2.32. The van der Waals surface area contributed by atoms with Crippen LogP contribution in [0.25, 0.3) is 0 Å². The molecule has 1 aromatic carbocycles. The summed E-state index contributed by atoms with van der Waals surface area (Å²) in [6, 6.07) is 10.8. The summed E-state index contributed by atoms with van der Waals surface area (Å²) in [7, 11) is 0. The van der Waals surface area contributed by atoms with Crippen molar-refractivity contribution in [1.29, 1.82) is 0 Å². The lowest BCUT2D eigenvalue weighted by Crippen LogP contribution is -2.50. The molecule has 2 amide bonds. The first-order valence-corrected chi connectivity index (χ1v) is 10.1. The minimum atomic E-state index is -0.438. The topological polar surface area (TPSA) is 79.0 Å². The van der Waals surface area contributed by atoms with Crippen LogP contribution in [-0.4, -0.2) is 66.9 Å². The minimum absolute atomic E-state index is 0.0161. The van der Waals surface area contributed by atoms with Gasteiger partial charge in [0.2, 0.25) is 5.91 Å². The average Bonchev–Trinajstić information content (AvgIpc) is 3.17. The van der Waals surface area contributed by atoms with Crippen LogP contribution in [0.3, 0.4) is 0 Å². The molecule has 0 unspecified atom stereocenters. The summed E-state index contributed by atoms with van der Waals surface area (Å²) < 4.78 is 5.00. The molecule has 0 atom stereocenters. The molecule has 0 radical (unpaired) electrons. The molecule has 0 saturated carbocycles. The van der Waals surface area contributed by atoms with Gasteiger partial charge in [0.25, 0.3) is 5.91 Å². The number of ether oxygens (including phenoxy) is 1. The van der Waals surface area contributed by atoms with Gasteiger partial charge in [-0.3, -0.25) is 14.5 Å². The quantitative estimate of drug-likeness (QED) is 0.752. The van der Waals surface area contributed by atoms with Crippen LogP contribution in [-0.2, 0) is 9.53 Å². The van der Waals surface area contributed by atoms with Crippen LogP contribution in [0, 0.1) is 0 Å². The highest BCUT2D eigenvalue weighted by atomic mass is 32.1. The van der Waals surface area contributed by atoms with Crippen LogP contribution < -0.4 is 5.32 Å². The summed E-state index contributed by atoms with van der Waals surface area (Å²) in [4.78, 5) is 40.6. The standard InChI is InChI=1S/C20H23N3O4S/c1-2-27-20(26)16-8-13-28-18(16)21-17(24)14-22-9-11-23(12-10-22)19(25)15-6-4-3-5-7-15/h3-8,13H,2,9-12,14H2,1H3,(H,21,24). The molecule has 1 aliphatic rings. The third-order valence-corrected chi connectivity index (χ3v) is 5.29. The van der Waals surface area contributed by atoms with Gasteiger partial charge in [-0.25, -0.2) is 4.79 Å². The van der Waals surface area contributed by atoms with Crippen LogP contribution in [0.1, 0.15) is 27.6 Å². The maximum absolute atomic E-state index is 12.5. The van der Waals surface area contributed by atoms with Crippen molar-refractivity contribution in [3.8, 4) is 0 Å². The Kier molecular flexibility index (Phi) is 6.78. The zero-order valence-corrected chi connectivity index (χ0v) is 16.5. The molecule has 8 heteroatoms. The van der Waals surface area contributed by atoms with E-state index in [0.29, 0.717) is 42.3 Å². The van der Waals surface area contributed by atoms with E-state index >= 15 is 0 Å². The Bertz CT molecular complexity index is 829. The van der Waals surface area contributed by atoms with E-state index in [1.807, 2.05) is 40.1 Å². The van der Waals surface area contributed by atoms with Gasteiger partial charge >= 0.3 is 5.97 Å².